The zero-order chi connectivity index (χ0) is 8.97. The summed E-state index contributed by atoms with van der Waals surface area (Å²) in [5.41, 5.74) is 0.650. The average Bonchev–Trinajstić information content (AvgIpc) is 2.38. The van der Waals surface area contributed by atoms with Crippen molar-refractivity contribution in [3.63, 3.8) is 0 Å². The maximum absolute atomic E-state index is 11.4. The lowest BCUT2D eigenvalue weighted by Crippen LogP contribution is -2.19. The fraction of sp³-hybridized carbons (Fsp3) is 0.625. The molecule has 12 heavy (non-hydrogen) atoms. The van der Waals surface area contributed by atoms with E-state index in [-0.39, 0.29) is 12.2 Å². The Morgan fingerprint density at radius 3 is 3.00 bits per heavy atom. The van der Waals surface area contributed by atoms with Crippen LogP contribution in [-0.2, 0) is 13.0 Å². The SMILES string of the molecule is CCCn1[nH]cc(CCO)c1=O. The van der Waals surface area contributed by atoms with Gasteiger partial charge in [-0.15, -0.1) is 0 Å². The number of aromatic amines is 1. The van der Waals surface area contributed by atoms with Crippen molar-refractivity contribution in [2.45, 2.75) is 26.3 Å². The minimum Gasteiger partial charge on any atom is -0.396 e. The molecule has 1 rings (SSSR count). The molecule has 0 saturated carbocycles. The number of aryl methyl sites for hydroxylation is 1. The van der Waals surface area contributed by atoms with E-state index in [9.17, 15) is 4.79 Å². The molecule has 0 saturated heterocycles. The van der Waals surface area contributed by atoms with Crippen molar-refractivity contribution in [3.05, 3.63) is 22.1 Å². The number of nitrogens with zero attached hydrogens (tertiary/aromatic N) is 1. The molecule has 0 aromatic carbocycles. The standard InChI is InChI=1S/C8H14N2O2/c1-2-4-10-8(12)7(3-5-11)6-9-10/h6,9,11H,2-5H2,1H3. The van der Waals surface area contributed by atoms with Gasteiger partial charge in [-0.05, 0) is 6.42 Å². The lowest BCUT2D eigenvalue weighted by atomic mass is 10.3. The highest BCUT2D eigenvalue weighted by molar-refractivity contribution is 5.04. The largest absolute Gasteiger partial charge is 0.396 e. The summed E-state index contributed by atoms with van der Waals surface area (Å²) in [5, 5.41) is 11.5. The zero-order valence-corrected chi connectivity index (χ0v) is 7.21. The predicted molar refractivity (Wildman–Crippen MR) is 46.1 cm³/mol. The van der Waals surface area contributed by atoms with E-state index in [1.54, 1.807) is 10.9 Å². The lowest BCUT2D eigenvalue weighted by Gasteiger charge is -1.95. The Kier molecular flexibility index (Phi) is 3.10. The van der Waals surface area contributed by atoms with Gasteiger partial charge in [0.15, 0.2) is 0 Å². The Balaban J connectivity index is 2.81. The number of aliphatic hydroxyl groups excluding tert-OH is 1. The van der Waals surface area contributed by atoms with Gasteiger partial charge in [0, 0.05) is 31.3 Å². The summed E-state index contributed by atoms with van der Waals surface area (Å²) in [6.07, 6.45) is 3.03. The third kappa shape index (κ3) is 1.76. The van der Waals surface area contributed by atoms with Crippen molar-refractivity contribution in [2.24, 2.45) is 0 Å². The molecular formula is C8H14N2O2. The number of H-pyrrole nitrogens is 1. The first kappa shape index (κ1) is 9.06. The maximum Gasteiger partial charge on any atom is 0.269 e. The van der Waals surface area contributed by atoms with E-state index in [1.165, 1.54) is 0 Å². The molecule has 68 valence electrons. The van der Waals surface area contributed by atoms with Crippen LogP contribution in [0.25, 0.3) is 0 Å². The summed E-state index contributed by atoms with van der Waals surface area (Å²) in [6.45, 7) is 2.75. The molecule has 1 heterocycles. The smallest absolute Gasteiger partial charge is 0.269 e. The van der Waals surface area contributed by atoms with Gasteiger partial charge in [-0.25, -0.2) is 0 Å². The Labute approximate surface area is 70.8 Å². The predicted octanol–water partition coefficient (Wildman–Crippen LogP) is 0.121. The van der Waals surface area contributed by atoms with Crippen molar-refractivity contribution in [2.75, 3.05) is 6.61 Å². The number of rotatable bonds is 4. The van der Waals surface area contributed by atoms with Crippen molar-refractivity contribution in [1.82, 2.24) is 9.78 Å². The van der Waals surface area contributed by atoms with Crippen LogP contribution < -0.4 is 5.56 Å². The third-order valence-electron chi connectivity index (χ3n) is 1.74. The van der Waals surface area contributed by atoms with Crippen LogP contribution in [0, 0.1) is 0 Å². The fourth-order valence-corrected chi connectivity index (χ4v) is 1.14. The Morgan fingerprint density at radius 1 is 1.67 bits per heavy atom. The van der Waals surface area contributed by atoms with E-state index in [0.29, 0.717) is 18.5 Å². The van der Waals surface area contributed by atoms with E-state index in [4.69, 9.17) is 5.11 Å². The van der Waals surface area contributed by atoms with Gasteiger partial charge in [0.25, 0.3) is 5.56 Å². The van der Waals surface area contributed by atoms with Gasteiger partial charge in [0.2, 0.25) is 0 Å². The lowest BCUT2D eigenvalue weighted by molar-refractivity contribution is 0.299. The van der Waals surface area contributed by atoms with Crippen LogP contribution in [0.1, 0.15) is 18.9 Å². The van der Waals surface area contributed by atoms with Crippen molar-refractivity contribution < 1.29 is 5.11 Å². The van der Waals surface area contributed by atoms with Crippen molar-refractivity contribution in [1.29, 1.82) is 0 Å². The number of aliphatic hydroxyl groups is 1. The van der Waals surface area contributed by atoms with Gasteiger partial charge in [0.1, 0.15) is 0 Å². The average molecular weight is 170 g/mol. The van der Waals surface area contributed by atoms with Crippen LogP contribution in [0.15, 0.2) is 11.0 Å². The molecule has 4 nitrogen and oxygen atoms in total. The molecule has 0 amide bonds. The van der Waals surface area contributed by atoms with Gasteiger partial charge in [-0.3, -0.25) is 9.48 Å². The molecule has 0 aliphatic rings. The van der Waals surface area contributed by atoms with Crippen LogP contribution >= 0.6 is 0 Å². The minimum atomic E-state index is -0.00843. The fourth-order valence-electron chi connectivity index (χ4n) is 1.14. The van der Waals surface area contributed by atoms with Crippen LogP contribution in [0.3, 0.4) is 0 Å². The minimum absolute atomic E-state index is 0.00843. The highest BCUT2D eigenvalue weighted by Crippen LogP contribution is 1.91. The van der Waals surface area contributed by atoms with E-state index in [0.717, 1.165) is 6.42 Å². The first-order valence-corrected chi connectivity index (χ1v) is 4.17. The molecule has 2 N–H and O–H groups in total. The molecule has 0 atom stereocenters. The second kappa shape index (κ2) is 4.11. The van der Waals surface area contributed by atoms with Crippen LogP contribution in [-0.4, -0.2) is 21.5 Å². The summed E-state index contributed by atoms with van der Waals surface area (Å²) in [7, 11) is 0. The first-order valence-electron chi connectivity index (χ1n) is 4.17. The van der Waals surface area contributed by atoms with Crippen LogP contribution in [0.2, 0.25) is 0 Å². The topological polar surface area (TPSA) is 58.0 Å². The molecule has 0 bridgehead atoms. The molecule has 0 aliphatic heterocycles. The Bertz CT molecular complexity index is 261. The number of aromatic nitrogens is 2. The molecule has 0 unspecified atom stereocenters. The summed E-state index contributed by atoms with van der Waals surface area (Å²) >= 11 is 0. The molecule has 1 aromatic heterocycles. The van der Waals surface area contributed by atoms with Crippen molar-refractivity contribution >= 4 is 0 Å². The van der Waals surface area contributed by atoms with E-state index in [1.807, 2.05) is 6.92 Å². The zero-order valence-electron chi connectivity index (χ0n) is 7.21. The molecule has 0 aliphatic carbocycles. The van der Waals surface area contributed by atoms with Gasteiger partial charge in [0.05, 0.1) is 0 Å². The molecule has 4 heteroatoms. The second-order valence-electron chi connectivity index (χ2n) is 2.73. The van der Waals surface area contributed by atoms with Gasteiger partial charge < -0.3 is 10.2 Å². The molecular weight excluding hydrogens is 156 g/mol. The number of hydrogen-bond acceptors (Lipinski definition) is 2. The summed E-state index contributed by atoms with van der Waals surface area (Å²) in [6, 6.07) is 0. The number of hydrogen-bond donors (Lipinski definition) is 2. The maximum atomic E-state index is 11.4. The first-order chi connectivity index (χ1) is 5.79. The highest BCUT2D eigenvalue weighted by atomic mass is 16.3. The van der Waals surface area contributed by atoms with Gasteiger partial charge >= 0.3 is 0 Å². The van der Waals surface area contributed by atoms with Gasteiger partial charge in [-0.1, -0.05) is 6.92 Å². The van der Waals surface area contributed by atoms with Crippen LogP contribution in [0.4, 0.5) is 0 Å². The summed E-state index contributed by atoms with van der Waals surface area (Å²) in [4.78, 5) is 11.4. The molecule has 1 aromatic rings. The molecule has 0 fully saturated rings. The summed E-state index contributed by atoms with van der Waals surface area (Å²) < 4.78 is 1.56. The molecule has 0 radical (unpaired) electrons. The number of nitrogens with one attached hydrogen (secondary N) is 1. The van der Waals surface area contributed by atoms with E-state index >= 15 is 0 Å². The normalized spacial score (nSPS) is 10.5. The van der Waals surface area contributed by atoms with E-state index in [2.05, 4.69) is 5.10 Å². The Morgan fingerprint density at radius 2 is 2.42 bits per heavy atom. The van der Waals surface area contributed by atoms with Crippen LogP contribution in [0.5, 0.6) is 0 Å². The second-order valence-corrected chi connectivity index (χ2v) is 2.73. The van der Waals surface area contributed by atoms with Crippen molar-refractivity contribution in [3.8, 4) is 0 Å². The highest BCUT2D eigenvalue weighted by Gasteiger charge is 2.03. The third-order valence-corrected chi connectivity index (χ3v) is 1.74. The monoisotopic (exact) mass is 170 g/mol. The van der Waals surface area contributed by atoms with E-state index < -0.39 is 0 Å². The molecule has 0 spiro atoms. The quantitative estimate of drug-likeness (QED) is 0.674. The summed E-state index contributed by atoms with van der Waals surface area (Å²) in [5.74, 6) is 0. The van der Waals surface area contributed by atoms with Gasteiger partial charge in [-0.2, -0.15) is 0 Å². The Hall–Kier alpha value is -1.03.